The Balaban J connectivity index is 1.99. The molecule has 2 aliphatic carbocycles. The molecule has 0 atom stereocenters. The fraction of sp³-hybridized carbons (Fsp3) is 0.368. The molecule has 0 fully saturated rings. The van der Waals surface area contributed by atoms with Gasteiger partial charge in [0.2, 0.25) is 0 Å². The van der Waals surface area contributed by atoms with Gasteiger partial charge in [0, 0.05) is 11.0 Å². The van der Waals surface area contributed by atoms with E-state index in [0.29, 0.717) is 5.92 Å². The van der Waals surface area contributed by atoms with Crippen LogP contribution in [-0.4, -0.2) is 4.98 Å². The van der Waals surface area contributed by atoms with Crippen LogP contribution < -0.4 is 10.6 Å². The van der Waals surface area contributed by atoms with Gasteiger partial charge in [-0.2, -0.15) is 0 Å². The molecule has 0 saturated carbocycles. The average molecular weight is 265 g/mol. The van der Waals surface area contributed by atoms with Crippen molar-refractivity contribution in [2.75, 3.05) is 0 Å². The molecule has 1 aromatic rings. The molecule has 0 bridgehead atoms. The smallest absolute Gasteiger partial charge is 0.0458 e. The standard InChI is InChI=1S/C19H23N/c1-13(2)15-7-9-16(10-8-15)19-12-17-6-4-5-14(3)11-18(17)20-19/h5-7,9,11-13,20H,4,8,10H2,1-3H3. The van der Waals surface area contributed by atoms with Crippen LogP contribution in [-0.2, 0) is 0 Å². The number of fused-ring (bicyclic) bond motifs is 1. The zero-order valence-electron chi connectivity index (χ0n) is 12.7. The molecule has 1 heterocycles. The van der Waals surface area contributed by atoms with Crippen molar-refractivity contribution >= 4 is 17.7 Å². The second-order valence-electron chi connectivity index (χ2n) is 6.17. The minimum atomic E-state index is 0.669. The maximum Gasteiger partial charge on any atom is 0.0458 e. The molecule has 0 aromatic carbocycles. The van der Waals surface area contributed by atoms with E-state index in [1.807, 2.05) is 0 Å². The topological polar surface area (TPSA) is 15.8 Å². The third-order valence-corrected chi connectivity index (χ3v) is 4.30. The van der Waals surface area contributed by atoms with Gasteiger partial charge < -0.3 is 4.98 Å². The Bertz CT molecular complexity index is 720. The quantitative estimate of drug-likeness (QED) is 0.839. The summed E-state index contributed by atoms with van der Waals surface area (Å²) in [5.74, 6) is 0.669. The highest BCUT2D eigenvalue weighted by atomic mass is 14.7. The zero-order chi connectivity index (χ0) is 14.1. The van der Waals surface area contributed by atoms with Crippen molar-refractivity contribution in [1.82, 2.24) is 4.98 Å². The van der Waals surface area contributed by atoms with Crippen molar-refractivity contribution < 1.29 is 0 Å². The Labute approximate surface area is 121 Å². The van der Waals surface area contributed by atoms with Gasteiger partial charge in [-0.3, -0.25) is 0 Å². The van der Waals surface area contributed by atoms with Crippen molar-refractivity contribution in [2.45, 2.75) is 40.0 Å². The summed E-state index contributed by atoms with van der Waals surface area (Å²) < 4.78 is 0. The molecule has 20 heavy (non-hydrogen) atoms. The summed E-state index contributed by atoms with van der Waals surface area (Å²) in [7, 11) is 0. The Morgan fingerprint density at radius 3 is 2.65 bits per heavy atom. The molecule has 0 spiro atoms. The lowest BCUT2D eigenvalue weighted by molar-refractivity contribution is 0.713. The number of aromatic amines is 1. The van der Waals surface area contributed by atoms with Crippen LogP contribution in [0.2, 0.25) is 0 Å². The van der Waals surface area contributed by atoms with Gasteiger partial charge in [-0.25, -0.2) is 0 Å². The second kappa shape index (κ2) is 5.32. The van der Waals surface area contributed by atoms with Gasteiger partial charge in [0.1, 0.15) is 0 Å². The van der Waals surface area contributed by atoms with E-state index >= 15 is 0 Å². The van der Waals surface area contributed by atoms with Crippen LogP contribution in [0.25, 0.3) is 17.7 Å². The van der Waals surface area contributed by atoms with E-state index in [4.69, 9.17) is 0 Å². The van der Waals surface area contributed by atoms with Crippen molar-refractivity contribution in [3.63, 3.8) is 0 Å². The van der Waals surface area contributed by atoms with Gasteiger partial charge in [-0.05, 0) is 55.0 Å². The normalized spacial score (nSPS) is 18.3. The largest absolute Gasteiger partial charge is 0.355 e. The SMILES string of the molecule is CC1=CCC=c2cc(C3=CC=C(C(C)C)CC3)[nH]c2=C1. The first-order valence-electron chi connectivity index (χ1n) is 7.61. The minimum Gasteiger partial charge on any atom is -0.355 e. The van der Waals surface area contributed by atoms with Crippen LogP contribution in [0.4, 0.5) is 0 Å². The fourth-order valence-corrected chi connectivity index (χ4v) is 2.97. The van der Waals surface area contributed by atoms with E-state index in [-0.39, 0.29) is 0 Å². The third-order valence-electron chi connectivity index (χ3n) is 4.30. The van der Waals surface area contributed by atoms with Crippen LogP contribution in [0, 0.1) is 5.92 Å². The average Bonchev–Trinajstić information content (AvgIpc) is 2.74. The highest BCUT2D eigenvalue weighted by Gasteiger charge is 2.12. The van der Waals surface area contributed by atoms with E-state index in [1.54, 1.807) is 5.57 Å². The molecular weight excluding hydrogens is 242 g/mol. The van der Waals surface area contributed by atoms with Crippen molar-refractivity contribution in [3.05, 3.63) is 51.7 Å². The van der Waals surface area contributed by atoms with Crippen molar-refractivity contribution in [1.29, 1.82) is 0 Å². The molecule has 0 amide bonds. The van der Waals surface area contributed by atoms with Gasteiger partial charge >= 0.3 is 0 Å². The summed E-state index contributed by atoms with van der Waals surface area (Å²) >= 11 is 0. The summed E-state index contributed by atoms with van der Waals surface area (Å²) in [6.45, 7) is 6.72. The zero-order valence-corrected chi connectivity index (χ0v) is 12.7. The predicted octanol–water partition coefficient (Wildman–Crippen LogP) is 3.69. The number of rotatable bonds is 2. The second-order valence-corrected chi connectivity index (χ2v) is 6.17. The molecule has 2 aliphatic rings. The van der Waals surface area contributed by atoms with Gasteiger partial charge in [-0.1, -0.05) is 49.3 Å². The van der Waals surface area contributed by atoms with Gasteiger partial charge in [0.05, 0.1) is 0 Å². The lowest BCUT2D eigenvalue weighted by Crippen LogP contribution is -2.21. The summed E-state index contributed by atoms with van der Waals surface area (Å²) in [6.07, 6.45) is 14.8. The molecule has 104 valence electrons. The predicted molar refractivity (Wildman–Crippen MR) is 87.5 cm³/mol. The summed E-state index contributed by atoms with van der Waals surface area (Å²) in [6, 6.07) is 2.30. The first-order valence-corrected chi connectivity index (χ1v) is 7.61. The Morgan fingerprint density at radius 2 is 1.95 bits per heavy atom. The van der Waals surface area contributed by atoms with Crippen LogP contribution in [0.15, 0.2) is 35.4 Å². The summed E-state index contributed by atoms with van der Waals surface area (Å²) in [4.78, 5) is 3.59. The van der Waals surface area contributed by atoms with E-state index < -0.39 is 0 Å². The maximum atomic E-state index is 3.59. The lowest BCUT2D eigenvalue weighted by atomic mass is 9.90. The van der Waals surface area contributed by atoms with E-state index in [9.17, 15) is 0 Å². The molecule has 0 aliphatic heterocycles. The Kier molecular flexibility index (Phi) is 3.52. The molecular formula is C19H23N. The van der Waals surface area contributed by atoms with Crippen molar-refractivity contribution in [3.8, 4) is 0 Å². The highest BCUT2D eigenvalue weighted by Crippen LogP contribution is 2.28. The van der Waals surface area contributed by atoms with Crippen LogP contribution in [0.5, 0.6) is 0 Å². The minimum absolute atomic E-state index is 0.669. The number of hydrogen-bond acceptors (Lipinski definition) is 0. The molecule has 1 aromatic heterocycles. The highest BCUT2D eigenvalue weighted by molar-refractivity contribution is 5.67. The van der Waals surface area contributed by atoms with E-state index in [2.05, 4.69) is 62.2 Å². The molecule has 3 rings (SSSR count). The Morgan fingerprint density at radius 1 is 1.10 bits per heavy atom. The maximum absolute atomic E-state index is 3.59. The Hall–Kier alpha value is -1.76. The molecule has 0 saturated heterocycles. The first kappa shape index (κ1) is 13.2. The molecule has 0 radical (unpaired) electrons. The van der Waals surface area contributed by atoms with Crippen molar-refractivity contribution in [2.24, 2.45) is 5.92 Å². The summed E-state index contributed by atoms with van der Waals surface area (Å²) in [5.41, 5.74) is 5.63. The van der Waals surface area contributed by atoms with Crippen LogP contribution in [0.1, 0.15) is 45.7 Å². The number of allylic oxidation sites excluding steroid dienone is 6. The van der Waals surface area contributed by atoms with Crippen LogP contribution in [0.3, 0.4) is 0 Å². The number of hydrogen-bond donors (Lipinski definition) is 1. The number of H-pyrrole nitrogens is 1. The van der Waals surface area contributed by atoms with E-state index in [0.717, 1.165) is 12.8 Å². The molecule has 1 heteroatoms. The number of aromatic nitrogens is 1. The molecule has 1 nitrogen and oxygen atoms in total. The monoisotopic (exact) mass is 265 g/mol. The third kappa shape index (κ3) is 2.58. The molecule has 0 unspecified atom stereocenters. The molecule has 1 N–H and O–H groups in total. The first-order chi connectivity index (χ1) is 9.63. The lowest BCUT2D eigenvalue weighted by Gasteiger charge is -2.16. The number of nitrogens with one attached hydrogen (secondary N) is 1. The van der Waals surface area contributed by atoms with Gasteiger partial charge in [-0.15, -0.1) is 0 Å². The van der Waals surface area contributed by atoms with Gasteiger partial charge in [0.25, 0.3) is 0 Å². The van der Waals surface area contributed by atoms with Gasteiger partial charge in [0.15, 0.2) is 0 Å². The fourth-order valence-electron chi connectivity index (χ4n) is 2.97. The van der Waals surface area contributed by atoms with E-state index in [1.165, 1.54) is 33.8 Å². The summed E-state index contributed by atoms with van der Waals surface area (Å²) in [5, 5.41) is 2.60. The van der Waals surface area contributed by atoms with Crippen LogP contribution >= 0.6 is 0 Å².